The molecule has 0 spiro atoms. The number of nitrogens with one attached hydrogen (secondary N) is 2. The highest BCUT2D eigenvalue weighted by Gasteiger charge is 2.45. The summed E-state index contributed by atoms with van der Waals surface area (Å²) in [6, 6.07) is 9.50. The molecule has 9 nitrogen and oxygen atoms in total. The number of unbranched alkanes of at least 4 members (excludes halogenated alkanes) is 2. The molecule has 2 aromatic heterocycles. The summed E-state index contributed by atoms with van der Waals surface area (Å²) in [7, 11) is 3.25. The fraction of sp³-hybridized carbons (Fsp3) is 0.517. The second-order valence-electron chi connectivity index (χ2n) is 10.5. The van der Waals surface area contributed by atoms with E-state index in [1.54, 1.807) is 20.4 Å². The summed E-state index contributed by atoms with van der Waals surface area (Å²) in [4.78, 5) is 36.9. The molecule has 3 aromatic rings. The largest absolute Gasteiger partial charge is 0.480 e. The van der Waals surface area contributed by atoms with Crippen molar-refractivity contribution < 1.29 is 18.7 Å². The van der Waals surface area contributed by atoms with Gasteiger partial charge in [0.1, 0.15) is 6.04 Å². The van der Waals surface area contributed by atoms with E-state index < -0.39 is 0 Å². The van der Waals surface area contributed by atoms with Gasteiger partial charge in [-0.25, -0.2) is 9.97 Å². The number of carbonyl (C=O) groups excluding carboxylic acids is 2. The van der Waals surface area contributed by atoms with Gasteiger partial charge in [-0.15, -0.1) is 0 Å². The minimum Gasteiger partial charge on any atom is -0.480 e. The summed E-state index contributed by atoms with van der Waals surface area (Å²) in [5.41, 5.74) is 1.26. The SMILES string of the molecule is CNC(=O)CCCCC[C@H](NC(=O)C12CCN(CC1)CC2)c1ncc(-c2cc3ccccc3nc2OC)o1. The number of oxazole rings is 1. The Morgan fingerprint density at radius 2 is 1.89 bits per heavy atom. The number of pyridine rings is 1. The molecule has 2 amide bonds. The standard InChI is InChI=1S/C29H37N5O4/c1-30-25(35)11-5-3-4-10-23(33-28(36)29-12-15-34(16-13-29)17-14-29)27-31-19-24(38-27)21-18-20-8-6-7-9-22(20)32-26(21)37-2/h6-9,18-19,23H,3-5,10-17H2,1-2H3,(H,30,35)(H,33,36)/t23-/m0/s1. The van der Waals surface area contributed by atoms with Crippen molar-refractivity contribution in [2.75, 3.05) is 33.8 Å². The van der Waals surface area contributed by atoms with Crippen molar-refractivity contribution in [1.29, 1.82) is 0 Å². The third-order valence-corrected chi connectivity index (χ3v) is 8.15. The Bertz CT molecular complexity index is 1270. The molecule has 2 N–H and O–H groups in total. The lowest BCUT2D eigenvalue weighted by atomic mass is 9.71. The minimum atomic E-state index is -0.343. The number of piperidine rings is 3. The maximum Gasteiger partial charge on any atom is 0.227 e. The van der Waals surface area contributed by atoms with E-state index in [9.17, 15) is 9.59 Å². The minimum absolute atomic E-state index is 0.0490. The molecule has 9 heteroatoms. The van der Waals surface area contributed by atoms with Crippen molar-refractivity contribution in [3.05, 3.63) is 42.4 Å². The van der Waals surface area contributed by atoms with Gasteiger partial charge in [-0.3, -0.25) is 9.59 Å². The number of aromatic nitrogens is 2. The summed E-state index contributed by atoms with van der Waals surface area (Å²) in [6.07, 6.45) is 8.11. The van der Waals surface area contributed by atoms with Gasteiger partial charge in [0.15, 0.2) is 5.76 Å². The fourth-order valence-corrected chi connectivity index (χ4v) is 5.68. The van der Waals surface area contributed by atoms with Gasteiger partial charge in [0, 0.05) is 18.9 Å². The van der Waals surface area contributed by atoms with Gasteiger partial charge in [-0.2, -0.15) is 0 Å². The number of hydrogen-bond acceptors (Lipinski definition) is 7. The molecule has 3 fully saturated rings. The number of fused-ring (bicyclic) bond motifs is 4. The molecule has 3 aliphatic heterocycles. The first kappa shape index (κ1) is 26.2. The molecule has 0 saturated carbocycles. The van der Waals surface area contributed by atoms with Crippen LogP contribution in [0.1, 0.15) is 63.3 Å². The van der Waals surface area contributed by atoms with E-state index in [0.717, 1.165) is 74.6 Å². The summed E-state index contributed by atoms with van der Waals surface area (Å²) in [5, 5.41) is 6.96. The maximum absolute atomic E-state index is 13.6. The van der Waals surface area contributed by atoms with E-state index in [0.29, 0.717) is 30.4 Å². The van der Waals surface area contributed by atoms with Crippen LogP contribution >= 0.6 is 0 Å². The van der Waals surface area contributed by atoms with Crippen LogP contribution in [-0.4, -0.2) is 60.5 Å². The van der Waals surface area contributed by atoms with Crippen molar-refractivity contribution in [3.63, 3.8) is 0 Å². The molecule has 202 valence electrons. The highest BCUT2D eigenvalue weighted by molar-refractivity contribution is 5.85. The highest BCUT2D eigenvalue weighted by atomic mass is 16.5. The third-order valence-electron chi connectivity index (χ3n) is 8.15. The Kier molecular flexibility index (Phi) is 7.93. The van der Waals surface area contributed by atoms with Crippen molar-refractivity contribution in [2.45, 2.75) is 57.4 Å². The second kappa shape index (κ2) is 11.5. The number of ether oxygens (including phenoxy) is 1. The van der Waals surface area contributed by atoms with Crippen molar-refractivity contribution in [1.82, 2.24) is 25.5 Å². The number of rotatable bonds is 11. The Morgan fingerprint density at radius 1 is 1.13 bits per heavy atom. The second-order valence-corrected chi connectivity index (χ2v) is 10.5. The average Bonchev–Trinajstić information content (AvgIpc) is 3.46. The number of para-hydroxylation sites is 1. The van der Waals surface area contributed by atoms with Crippen LogP contribution in [0.15, 0.2) is 40.9 Å². The van der Waals surface area contributed by atoms with E-state index in [1.165, 1.54) is 0 Å². The van der Waals surface area contributed by atoms with Crippen molar-refractivity contribution in [2.24, 2.45) is 5.41 Å². The van der Waals surface area contributed by atoms with Gasteiger partial charge < -0.3 is 24.7 Å². The van der Waals surface area contributed by atoms with Gasteiger partial charge in [0.05, 0.1) is 29.8 Å². The fourth-order valence-electron chi connectivity index (χ4n) is 5.68. The number of amides is 2. The maximum atomic E-state index is 13.6. The number of methoxy groups -OCH3 is 1. The zero-order chi connectivity index (χ0) is 26.5. The molecule has 3 saturated heterocycles. The molecule has 1 aromatic carbocycles. The first-order valence-corrected chi connectivity index (χ1v) is 13.6. The van der Waals surface area contributed by atoms with Crippen LogP contribution < -0.4 is 15.4 Å². The molecule has 0 radical (unpaired) electrons. The van der Waals surface area contributed by atoms with E-state index in [-0.39, 0.29) is 23.3 Å². The van der Waals surface area contributed by atoms with E-state index in [2.05, 4.69) is 25.5 Å². The third kappa shape index (κ3) is 5.53. The Labute approximate surface area is 223 Å². The zero-order valence-electron chi connectivity index (χ0n) is 22.3. The Morgan fingerprint density at radius 3 is 2.63 bits per heavy atom. The lowest BCUT2D eigenvalue weighted by molar-refractivity contribution is -0.139. The molecular weight excluding hydrogens is 482 g/mol. The molecule has 6 rings (SSSR count). The number of nitrogens with zero attached hydrogens (tertiary/aromatic N) is 3. The molecule has 0 aliphatic carbocycles. The van der Waals surface area contributed by atoms with Gasteiger partial charge in [0.25, 0.3) is 0 Å². The van der Waals surface area contributed by atoms with Crippen LogP contribution in [-0.2, 0) is 9.59 Å². The van der Waals surface area contributed by atoms with Crippen LogP contribution in [0.4, 0.5) is 0 Å². The number of carbonyl (C=O) groups is 2. The van der Waals surface area contributed by atoms with Crippen molar-refractivity contribution in [3.8, 4) is 17.2 Å². The quantitative estimate of drug-likeness (QED) is 0.365. The van der Waals surface area contributed by atoms with Crippen LogP contribution in [0.5, 0.6) is 5.88 Å². The van der Waals surface area contributed by atoms with E-state index in [1.807, 2.05) is 30.3 Å². The predicted molar refractivity (Wildman–Crippen MR) is 145 cm³/mol. The Hall–Kier alpha value is -3.46. The van der Waals surface area contributed by atoms with E-state index >= 15 is 0 Å². The first-order valence-electron chi connectivity index (χ1n) is 13.6. The van der Waals surface area contributed by atoms with Crippen LogP contribution in [0.25, 0.3) is 22.2 Å². The van der Waals surface area contributed by atoms with Crippen LogP contribution in [0, 0.1) is 5.41 Å². The van der Waals surface area contributed by atoms with Gasteiger partial charge in [-0.1, -0.05) is 31.0 Å². The molecule has 0 unspecified atom stereocenters. The lowest BCUT2D eigenvalue weighted by Gasteiger charge is -2.47. The summed E-state index contributed by atoms with van der Waals surface area (Å²) in [6.45, 7) is 2.94. The molecule has 38 heavy (non-hydrogen) atoms. The van der Waals surface area contributed by atoms with Crippen LogP contribution in [0.3, 0.4) is 0 Å². The highest BCUT2D eigenvalue weighted by Crippen LogP contribution is 2.41. The lowest BCUT2D eigenvalue weighted by Crippen LogP contribution is -2.55. The van der Waals surface area contributed by atoms with E-state index in [4.69, 9.17) is 9.15 Å². The molecule has 5 heterocycles. The molecule has 1 atom stereocenters. The topological polar surface area (TPSA) is 110 Å². The van der Waals surface area contributed by atoms with Gasteiger partial charge in [-0.05, 0) is 63.9 Å². The average molecular weight is 520 g/mol. The van der Waals surface area contributed by atoms with Crippen LogP contribution in [0.2, 0.25) is 0 Å². The summed E-state index contributed by atoms with van der Waals surface area (Å²) >= 11 is 0. The summed E-state index contributed by atoms with van der Waals surface area (Å²) in [5.74, 6) is 1.66. The van der Waals surface area contributed by atoms with Gasteiger partial charge in [0.2, 0.25) is 23.6 Å². The molecule has 3 aliphatic rings. The van der Waals surface area contributed by atoms with Crippen molar-refractivity contribution >= 4 is 22.7 Å². The smallest absolute Gasteiger partial charge is 0.227 e. The normalized spacial score (nSPS) is 21.3. The predicted octanol–water partition coefficient (Wildman–Crippen LogP) is 4.24. The number of benzene rings is 1. The molecule has 2 bridgehead atoms. The zero-order valence-corrected chi connectivity index (χ0v) is 22.3. The first-order chi connectivity index (χ1) is 18.5. The summed E-state index contributed by atoms with van der Waals surface area (Å²) < 4.78 is 11.9. The monoisotopic (exact) mass is 519 g/mol. The Balaban J connectivity index is 1.36. The molecular formula is C29H37N5O4. The van der Waals surface area contributed by atoms with Gasteiger partial charge >= 0.3 is 0 Å². The number of hydrogen-bond donors (Lipinski definition) is 2.